The second-order valence-electron chi connectivity index (χ2n) is 4.81. The van der Waals surface area contributed by atoms with Gasteiger partial charge in [0.2, 0.25) is 10.0 Å². The molecule has 0 aromatic heterocycles. The van der Waals surface area contributed by atoms with Gasteiger partial charge in [-0.3, -0.25) is 0 Å². The molecule has 106 valence electrons. The van der Waals surface area contributed by atoms with Crippen molar-refractivity contribution in [2.75, 3.05) is 19.8 Å². The van der Waals surface area contributed by atoms with E-state index in [0.717, 1.165) is 31.5 Å². The molecule has 2 aliphatic heterocycles. The Morgan fingerprint density at radius 3 is 2.00 bits per heavy atom. The normalized spacial score (nSPS) is 19.4. The predicted octanol–water partition coefficient (Wildman–Crippen LogP) is 1.22. The van der Waals surface area contributed by atoms with Gasteiger partial charge in [-0.25, -0.2) is 19.3 Å². The fourth-order valence-electron chi connectivity index (χ4n) is 1.96. The predicted molar refractivity (Wildman–Crippen MR) is 74.9 cm³/mol. The summed E-state index contributed by atoms with van der Waals surface area (Å²) in [5.41, 5.74) is 6.58. The van der Waals surface area contributed by atoms with Gasteiger partial charge in [0.15, 0.2) is 0 Å². The summed E-state index contributed by atoms with van der Waals surface area (Å²) in [5, 5.41) is 0. The molecule has 6 heteroatoms. The Labute approximate surface area is 115 Å². The molecular weight excluding hydrogens is 262 g/mol. The fourth-order valence-corrected chi connectivity index (χ4v) is 3.48. The maximum absolute atomic E-state index is 12.2. The Morgan fingerprint density at radius 2 is 1.53 bits per heavy atom. The molecule has 3 rings (SSSR count). The zero-order valence-electron chi connectivity index (χ0n) is 11.2. The summed E-state index contributed by atoms with van der Waals surface area (Å²) in [6, 6.07) is 7.08. The number of piperidine rings is 1. The van der Waals surface area contributed by atoms with Crippen LogP contribution in [0.2, 0.25) is 0 Å². The van der Waals surface area contributed by atoms with E-state index in [0.29, 0.717) is 18.0 Å². The highest BCUT2D eigenvalue weighted by atomic mass is 32.2. The Morgan fingerprint density at radius 1 is 1.00 bits per heavy atom. The van der Waals surface area contributed by atoms with Crippen LogP contribution in [0, 0.1) is 6.92 Å². The molecule has 0 radical (unpaired) electrons. The first-order valence-corrected chi connectivity index (χ1v) is 8.07. The van der Waals surface area contributed by atoms with E-state index in [2.05, 4.69) is 10.9 Å². The lowest BCUT2D eigenvalue weighted by molar-refractivity contribution is 0.346. The topological polar surface area (TPSA) is 81.3 Å². The molecule has 5 nitrogen and oxygen atoms in total. The van der Waals surface area contributed by atoms with Crippen molar-refractivity contribution in [2.45, 2.75) is 31.1 Å². The third kappa shape index (κ3) is 4.28. The zero-order valence-corrected chi connectivity index (χ0v) is 12.0. The molecule has 0 bridgehead atoms. The molecule has 0 atom stereocenters. The van der Waals surface area contributed by atoms with Crippen molar-refractivity contribution in [1.29, 1.82) is 0 Å². The van der Waals surface area contributed by atoms with Crippen LogP contribution >= 0.6 is 0 Å². The molecule has 2 heterocycles. The van der Waals surface area contributed by atoms with Crippen LogP contribution in [0.15, 0.2) is 29.2 Å². The summed E-state index contributed by atoms with van der Waals surface area (Å²) < 4.78 is 26.0. The first-order valence-electron chi connectivity index (χ1n) is 6.63. The van der Waals surface area contributed by atoms with Crippen molar-refractivity contribution in [2.24, 2.45) is 0 Å². The average molecular weight is 283 g/mol. The van der Waals surface area contributed by atoms with E-state index >= 15 is 0 Å². The summed E-state index contributed by atoms with van der Waals surface area (Å²) in [6.45, 7) is 4.28. The number of aryl methyl sites for hydroxylation is 1. The molecule has 1 aromatic carbocycles. The van der Waals surface area contributed by atoms with Crippen LogP contribution in [0.3, 0.4) is 0 Å². The molecule has 1 aromatic rings. The highest BCUT2D eigenvalue weighted by Crippen LogP contribution is 2.20. The second-order valence-corrected chi connectivity index (χ2v) is 6.75. The molecule has 0 unspecified atom stereocenters. The smallest absolute Gasteiger partial charge is 0.241 e. The minimum atomic E-state index is -3.25. The second kappa shape index (κ2) is 6.47. The van der Waals surface area contributed by atoms with Crippen LogP contribution in [-0.2, 0) is 10.0 Å². The number of sulfonamides is 1. The molecule has 2 aliphatic rings. The van der Waals surface area contributed by atoms with Crippen molar-refractivity contribution >= 4 is 10.0 Å². The molecule has 2 N–H and O–H groups in total. The number of nitrogens with zero attached hydrogens (tertiary/aromatic N) is 1. The van der Waals surface area contributed by atoms with Gasteiger partial charge in [0, 0.05) is 13.1 Å². The summed E-state index contributed by atoms with van der Waals surface area (Å²) in [7, 11) is -3.25. The minimum absolute atomic E-state index is 0.417. The van der Waals surface area contributed by atoms with Gasteiger partial charge in [0.1, 0.15) is 0 Å². The van der Waals surface area contributed by atoms with Crippen molar-refractivity contribution in [3.05, 3.63) is 29.8 Å². The Kier molecular flexibility index (Phi) is 4.93. The molecule has 0 spiro atoms. The van der Waals surface area contributed by atoms with Crippen LogP contribution in [-0.4, -0.2) is 32.5 Å². The molecule has 0 saturated carbocycles. The number of hydrogen-bond acceptors (Lipinski definition) is 4. The lowest BCUT2D eigenvalue weighted by Gasteiger charge is -2.25. The zero-order chi connectivity index (χ0) is 13.7. The maximum atomic E-state index is 12.2. The van der Waals surface area contributed by atoms with Gasteiger partial charge in [-0.05, 0) is 31.9 Å². The summed E-state index contributed by atoms with van der Waals surface area (Å²) in [6.07, 6.45) is 3.09. The largest absolute Gasteiger partial charge is 0.243 e. The Hall–Kier alpha value is -0.950. The first-order chi connectivity index (χ1) is 9.10. The molecule has 0 aliphatic carbocycles. The molecule has 0 amide bonds. The van der Waals surface area contributed by atoms with Gasteiger partial charge < -0.3 is 0 Å². The van der Waals surface area contributed by atoms with Crippen molar-refractivity contribution < 1.29 is 8.42 Å². The minimum Gasteiger partial charge on any atom is -0.241 e. The Balaban J connectivity index is 0.000000390. The van der Waals surface area contributed by atoms with Crippen LogP contribution in [0.1, 0.15) is 24.8 Å². The monoisotopic (exact) mass is 283 g/mol. The highest BCUT2D eigenvalue weighted by molar-refractivity contribution is 7.89. The number of nitrogens with one attached hydrogen (secondary N) is 2. The van der Waals surface area contributed by atoms with Crippen LogP contribution in [0.25, 0.3) is 0 Å². The molecule has 19 heavy (non-hydrogen) atoms. The quantitative estimate of drug-likeness (QED) is 0.800. The van der Waals surface area contributed by atoms with E-state index < -0.39 is 10.0 Å². The van der Waals surface area contributed by atoms with E-state index in [1.165, 1.54) is 0 Å². The highest BCUT2D eigenvalue weighted by Gasteiger charge is 2.25. The first kappa shape index (κ1) is 14.5. The standard InChI is InChI=1S/C12H17NO2S.CH4N2/c1-11-5-7-12(8-6-11)16(14,15)13-9-3-2-4-10-13;1-2-3-1/h5-8H,2-4,9-10H2,1H3;2-3H,1H2. The van der Waals surface area contributed by atoms with E-state index in [9.17, 15) is 8.42 Å². The van der Waals surface area contributed by atoms with E-state index in [4.69, 9.17) is 0 Å². The van der Waals surface area contributed by atoms with Gasteiger partial charge in [0.25, 0.3) is 0 Å². The van der Waals surface area contributed by atoms with Crippen molar-refractivity contribution in [1.82, 2.24) is 15.2 Å². The van der Waals surface area contributed by atoms with Crippen LogP contribution < -0.4 is 10.9 Å². The van der Waals surface area contributed by atoms with Gasteiger partial charge in [0.05, 0.1) is 11.6 Å². The van der Waals surface area contributed by atoms with E-state index in [1.54, 1.807) is 16.4 Å². The number of benzene rings is 1. The van der Waals surface area contributed by atoms with Gasteiger partial charge >= 0.3 is 0 Å². The van der Waals surface area contributed by atoms with Crippen molar-refractivity contribution in [3.63, 3.8) is 0 Å². The number of rotatable bonds is 2. The third-order valence-electron chi connectivity index (χ3n) is 3.15. The lowest BCUT2D eigenvalue weighted by atomic mass is 10.2. The van der Waals surface area contributed by atoms with E-state index in [1.807, 2.05) is 19.1 Å². The maximum Gasteiger partial charge on any atom is 0.243 e. The van der Waals surface area contributed by atoms with Crippen LogP contribution in [0.5, 0.6) is 0 Å². The van der Waals surface area contributed by atoms with Gasteiger partial charge in [-0.15, -0.1) is 0 Å². The number of hydrogen-bond donors (Lipinski definition) is 2. The number of hydrazine groups is 1. The summed E-state index contributed by atoms with van der Waals surface area (Å²) >= 11 is 0. The average Bonchev–Trinajstić information content (AvgIpc) is 3.28. The van der Waals surface area contributed by atoms with E-state index in [-0.39, 0.29) is 0 Å². The van der Waals surface area contributed by atoms with Gasteiger partial charge in [-0.2, -0.15) is 4.31 Å². The third-order valence-corrected chi connectivity index (χ3v) is 5.06. The molecule has 2 saturated heterocycles. The van der Waals surface area contributed by atoms with Crippen LogP contribution in [0.4, 0.5) is 0 Å². The Bertz CT molecular complexity index is 488. The fraction of sp³-hybridized carbons (Fsp3) is 0.538. The molecule has 2 fully saturated rings. The molecular formula is C13H21N3O2S. The summed E-state index contributed by atoms with van der Waals surface area (Å²) in [5.74, 6) is 0. The van der Waals surface area contributed by atoms with Gasteiger partial charge in [-0.1, -0.05) is 24.1 Å². The van der Waals surface area contributed by atoms with Crippen molar-refractivity contribution in [3.8, 4) is 0 Å². The SMILES string of the molecule is C1NN1.Cc1ccc(S(=O)(=O)N2CCCCC2)cc1. The summed E-state index contributed by atoms with van der Waals surface area (Å²) in [4.78, 5) is 0.417. The lowest BCUT2D eigenvalue weighted by Crippen LogP contribution is -2.35.